The van der Waals surface area contributed by atoms with Crippen LogP contribution < -0.4 is 10.6 Å². The summed E-state index contributed by atoms with van der Waals surface area (Å²) in [4.78, 5) is 11.0. The summed E-state index contributed by atoms with van der Waals surface area (Å²) in [7, 11) is 2.08. The minimum Gasteiger partial charge on any atom is -0.359 e. The second kappa shape index (κ2) is 7.74. The molecule has 0 bridgehead atoms. The van der Waals surface area contributed by atoms with Gasteiger partial charge in [0.15, 0.2) is 0 Å². The van der Waals surface area contributed by atoms with Crippen LogP contribution in [-0.2, 0) is 19.4 Å². The molecular weight excluding hydrogens is 260 g/mol. The molecule has 2 aromatic rings. The molecule has 2 rings (SSSR count). The Kier molecular flexibility index (Phi) is 5.69. The predicted molar refractivity (Wildman–Crippen MR) is 87.3 cm³/mol. The van der Waals surface area contributed by atoms with Crippen LogP contribution in [0.25, 0.3) is 0 Å². The van der Waals surface area contributed by atoms with Crippen molar-refractivity contribution in [3.8, 4) is 0 Å². The van der Waals surface area contributed by atoms with Crippen molar-refractivity contribution in [2.45, 2.75) is 32.7 Å². The van der Waals surface area contributed by atoms with Crippen molar-refractivity contribution in [2.75, 3.05) is 18.5 Å². The van der Waals surface area contributed by atoms with Crippen molar-refractivity contribution in [1.82, 2.24) is 9.97 Å². The van der Waals surface area contributed by atoms with Gasteiger partial charge in [-0.15, -0.1) is 0 Å². The quantitative estimate of drug-likeness (QED) is 0.849. The highest BCUT2D eigenvalue weighted by Gasteiger charge is 2.07. The van der Waals surface area contributed by atoms with Gasteiger partial charge in [0.1, 0.15) is 5.82 Å². The van der Waals surface area contributed by atoms with Gasteiger partial charge in [0.05, 0.1) is 0 Å². The summed E-state index contributed by atoms with van der Waals surface area (Å²) < 4.78 is 0. The predicted octanol–water partition coefficient (Wildman–Crippen LogP) is 2.57. The van der Waals surface area contributed by atoms with Crippen molar-refractivity contribution in [3.63, 3.8) is 0 Å². The van der Waals surface area contributed by atoms with E-state index >= 15 is 0 Å². The lowest BCUT2D eigenvalue weighted by molar-refractivity contribution is 0.828. The molecule has 0 radical (unpaired) electrons. The Morgan fingerprint density at radius 3 is 2.52 bits per heavy atom. The van der Waals surface area contributed by atoms with Crippen LogP contribution in [0.15, 0.2) is 36.7 Å². The zero-order valence-electron chi connectivity index (χ0n) is 12.9. The van der Waals surface area contributed by atoms with Crippen LogP contribution in [0, 0.1) is 0 Å². The third kappa shape index (κ3) is 4.53. The molecule has 2 heterocycles. The number of anilines is 1. The number of rotatable bonds is 7. The molecule has 0 saturated carbocycles. The van der Waals surface area contributed by atoms with Gasteiger partial charge in [-0.3, -0.25) is 4.98 Å². The molecular formula is C17H24N4. The van der Waals surface area contributed by atoms with Crippen molar-refractivity contribution in [3.05, 3.63) is 53.5 Å². The van der Waals surface area contributed by atoms with Gasteiger partial charge in [0, 0.05) is 38.2 Å². The van der Waals surface area contributed by atoms with Crippen LogP contribution in [-0.4, -0.2) is 23.6 Å². The zero-order chi connectivity index (χ0) is 15.1. The van der Waals surface area contributed by atoms with Gasteiger partial charge >= 0.3 is 0 Å². The Balaban J connectivity index is 2.07. The molecule has 0 spiro atoms. The number of hydrogen-bond acceptors (Lipinski definition) is 4. The number of nitrogens with two attached hydrogens (primary N) is 1. The summed E-state index contributed by atoms with van der Waals surface area (Å²) in [5.41, 5.74) is 9.37. The Labute approximate surface area is 127 Å². The number of pyridine rings is 2. The Morgan fingerprint density at radius 2 is 1.86 bits per heavy atom. The molecule has 2 N–H and O–H groups in total. The van der Waals surface area contributed by atoms with Crippen molar-refractivity contribution in [2.24, 2.45) is 5.73 Å². The monoisotopic (exact) mass is 284 g/mol. The van der Waals surface area contributed by atoms with E-state index in [-0.39, 0.29) is 0 Å². The summed E-state index contributed by atoms with van der Waals surface area (Å²) in [6.07, 6.45) is 6.75. The molecule has 0 aromatic carbocycles. The standard InChI is InChI=1S/C17H24N4/c1-3-4-16-11-15(13-18)12-17(20-16)21(2)10-7-14-5-8-19-9-6-14/h5-6,8-9,11-12H,3-4,7,10,13,18H2,1-2H3. The Hall–Kier alpha value is -1.94. The summed E-state index contributed by atoms with van der Waals surface area (Å²) in [5.74, 6) is 1.01. The highest BCUT2D eigenvalue weighted by atomic mass is 15.2. The molecule has 21 heavy (non-hydrogen) atoms. The zero-order valence-corrected chi connectivity index (χ0v) is 12.9. The first-order chi connectivity index (χ1) is 10.2. The van der Waals surface area contributed by atoms with Crippen molar-refractivity contribution < 1.29 is 0 Å². The van der Waals surface area contributed by atoms with E-state index in [1.807, 2.05) is 12.4 Å². The fraction of sp³-hybridized carbons (Fsp3) is 0.412. The van der Waals surface area contributed by atoms with Gasteiger partial charge in [-0.2, -0.15) is 0 Å². The summed E-state index contributed by atoms with van der Waals surface area (Å²) in [6.45, 7) is 3.66. The fourth-order valence-corrected chi connectivity index (χ4v) is 2.29. The number of nitrogens with zero attached hydrogens (tertiary/aromatic N) is 3. The normalized spacial score (nSPS) is 10.6. The van der Waals surface area contributed by atoms with E-state index in [1.54, 1.807) is 0 Å². The van der Waals surface area contributed by atoms with E-state index in [0.717, 1.165) is 42.9 Å². The molecule has 0 saturated heterocycles. The molecule has 0 aliphatic heterocycles. The Morgan fingerprint density at radius 1 is 1.10 bits per heavy atom. The second-order valence-electron chi connectivity index (χ2n) is 5.31. The third-order valence-electron chi connectivity index (χ3n) is 3.54. The largest absolute Gasteiger partial charge is 0.359 e. The fourth-order valence-electron chi connectivity index (χ4n) is 2.29. The third-order valence-corrected chi connectivity index (χ3v) is 3.54. The highest BCUT2D eigenvalue weighted by molar-refractivity contribution is 5.42. The van der Waals surface area contributed by atoms with Gasteiger partial charge in [-0.05, 0) is 48.2 Å². The van der Waals surface area contributed by atoms with Crippen LogP contribution in [0.3, 0.4) is 0 Å². The number of likely N-dealkylation sites (N-methyl/N-ethyl adjacent to an activating group) is 1. The average Bonchev–Trinajstić information content (AvgIpc) is 2.53. The molecule has 112 valence electrons. The van der Waals surface area contributed by atoms with Crippen molar-refractivity contribution in [1.29, 1.82) is 0 Å². The smallest absolute Gasteiger partial charge is 0.128 e. The van der Waals surface area contributed by atoms with Crippen LogP contribution in [0.5, 0.6) is 0 Å². The first-order valence-corrected chi connectivity index (χ1v) is 7.53. The molecule has 0 unspecified atom stereocenters. The van der Waals surface area contributed by atoms with Gasteiger partial charge < -0.3 is 10.6 Å². The minimum atomic E-state index is 0.560. The maximum atomic E-state index is 5.80. The summed E-state index contributed by atoms with van der Waals surface area (Å²) >= 11 is 0. The van der Waals surface area contributed by atoms with Gasteiger partial charge in [-0.25, -0.2) is 4.98 Å². The van der Waals surface area contributed by atoms with Gasteiger partial charge in [0.25, 0.3) is 0 Å². The topological polar surface area (TPSA) is 55.0 Å². The molecule has 2 aromatic heterocycles. The molecule has 0 aliphatic carbocycles. The molecule has 0 amide bonds. The van der Waals surface area contributed by atoms with Crippen LogP contribution in [0.2, 0.25) is 0 Å². The molecule has 4 heteroatoms. The van der Waals surface area contributed by atoms with E-state index in [4.69, 9.17) is 10.7 Å². The number of aryl methyl sites for hydroxylation is 1. The highest BCUT2D eigenvalue weighted by Crippen LogP contribution is 2.15. The van der Waals surface area contributed by atoms with Crippen molar-refractivity contribution >= 4 is 5.82 Å². The van der Waals surface area contributed by atoms with E-state index in [0.29, 0.717) is 6.54 Å². The molecule has 0 fully saturated rings. The Bertz CT molecular complexity index is 554. The van der Waals surface area contributed by atoms with Crippen LogP contribution in [0.1, 0.15) is 30.2 Å². The molecule has 0 aliphatic rings. The summed E-state index contributed by atoms with van der Waals surface area (Å²) in [6, 6.07) is 8.32. The van der Waals surface area contributed by atoms with E-state index in [2.05, 4.69) is 48.1 Å². The van der Waals surface area contributed by atoms with E-state index in [1.165, 1.54) is 5.56 Å². The SMILES string of the molecule is CCCc1cc(CN)cc(N(C)CCc2ccncc2)n1. The van der Waals surface area contributed by atoms with Gasteiger partial charge in [-0.1, -0.05) is 13.3 Å². The first kappa shape index (κ1) is 15.4. The maximum absolute atomic E-state index is 5.80. The first-order valence-electron chi connectivity index (χ1n) is 7.53. The van der Waals surface area contributed by atoms with E-state index < -0.39 is 0 Å². The second-order valence-corrected chi connectivity index (χ2v) is 5.31. The lowest BCUT2D eigenvalue weighted by Gasteiger charge is -2.20. The lowest BCUT2D eigenvalue weighted by atomic mass is 10.1. The average molecular weight is 284 g/mol. The van der Waals surface area contributed by atoms with Gasteiger partial charge in [0.2, 0.25) is 0 Å². The number of aromatic nitrogens is 2. The lowest BCUT2D eigenvalue weighted by Crippen LogP contribution is -2.22. The van der Waals surface area contributed by atoms with Crippen LogP contribution in [0.4, 0.5) is 5.82 Å². The van der Waals surface area contributed by atoms with Crippen LogP contribution >= 0.6 is 0 Å². The summed E-state index contributed by atoms with van der Waals surface area (Å²) in [5, 5.41) is 0. The van der Waals surface area contributed by atoms with E-state index in [9.17, 15) is 0 Å². The maximum Gasteiger partial charge on any atom is 0.128 e. The number of hydrogen-bond donors (Lipinski definition) is 1. The molecule has 0 atom stereocenters. The molecule has 4 nitrogen and oxygen atoms in total. The minimum absolute atomic E-state index is 0.560.